The maximum absolute atomic E-state index is 13.2. The highest BCUT2D eigenvalue weighted by atomic mass is 79.9. The number of imidazole rings is 1. The third-order valence-electron chi connectivity index (χ3n) is 4.55. The van der Waals surface area contributed by atoms with Gasteiger partial charge in [-0.3, -0.25) is 9.59 Å². The molecular formula is C22H22BrN3O3. The highest BCUT2D eigenvalue weighted by Gasteiger charge is 2.25. The van der Waals surface area contributed by atoms with Gasteiger partial charge in [0.05, 0.1) is 24.6 Å². The Morgan fingerprint density at radius 1 is 1.14 bits per heavy atom. The molecule has 1 N–H and O–H groups in total. The Kier molecular flexibility index (Phi) is 6.49. The van der Waals surface area contributed by atoms with Gasteiger partial charge in [0.15, 0.2) is 0 Å². The highest BCUT2D eigenvalue weighted by molar-refractivity contribution is 9.10. The number of H-pyrrole nitrogens is 1. The lowest BCUT2D eigenvalue weighted by Crippen LogP contribution is -2.41. The van der Waals surface area contributed by atoms with Crippen LogP contribution in [-0.2, 0) is 9.53 Å². The standard InChI is InChI=1S/C22H22BrN3O3/c1-14(2)26(13-20(27)29-3)22(28)18-7-5-4-6-17(18)21-24-12-19(25-21)15-8-10-16(23)11-9-15/h4-12,14H,13H2,1-3H3,(H,24,25). The number of nitrogens with one attached hydrogen (secondary N) is 1. The van der Waals surface area contributed by atoms with E-state index in [1.54, 1.807) is 18.3 Å². The van der Waals surface area contributed by atoms with Gasteiger partial charge in [0.2, 0.25) is 0 Å². The van der Waals surface area contributed by atoms with Crippen LogP contribution in [0.2, 0.25) is 0 Å². The first-order valence-electron chi connectivity index (χ1n) is 9.19. The van der Waals surface area contributed by atoms with Gasteiger partial charge in [0, 0.05) is 16.1 Å². The number of rotatable bonds is 6. The van der Waals surface area contributed by atoms with Crippen LogP contribution in [0.1, 0.15) is 24.2 Å². The Hall–Kier alpha value is -2.93. The molecule has 0 atom stereocenters. The summed E-state index contributed by atoms with van der Waals surface area (Å²) in [5.74, 6) is -0.115. The van der Waals surface area contributed by atoms with Crippen LogP contribution in [0.4, 0.5) is 0 Å². The number of halogens is 1. The van der Waals surface area contributed by atoms with Gasteiger partial charge in [-0.05, 0) is 37.6 Å². The molecule has 7 heteroatoms. The molecule has 3 rings (SSSR count). The van der Waals surface area contributed by atoms with Crippen LogP contribution in [0.5, 0.6) is 0 Å². The Bertz CT molecular complexity index is 1010. The number of carbonyl (C=O) groups is 2. The molecule has 0 aliphatic heterocycles. The molecule has 1 heterocycles. The van der Waals surface area contributed by atoms with Gasteiger partial charge in [0.25, 0.3) is 5.91 Å². The maximum Gasteiger partial charge on any atom is 0.325 e. The van der Waals surface area contributed by atoms with Crippen molar-refractivity contribution in [1.82, 2.24) is 14.9 Å². The topological polar surface area (TPSA) is 75.3 Å². The fourth-order valence-electron chi connectivity index (χ4n) is 2.96. The quantitative estimate of drug-likeness (QED) is 0.553. The predicted octanol–water partition coefficient (Wildman–Crippen LogP) is 4.53. The molecule has 0 aliphatic carbocycles. The summed E-state index contributed by atoms with van der Waals surface area (Å²) in [5, 5.41) is 0. The minimum Gasteiger partial charge on any atom is -0.468 e. The van der Waals surface area contributed by atoms with Gasteiger partial charge in [-0.1, -0.05) is 46.3 Å². The molecule has 29 heavy (non-hydrogen) atoms. The summed E-state index contributed by atoms with van der Waals surface area (Å²) in [7, 11) is 1.31. The second kappa shape index (κ2) is 9.05. The predicted molar refractivity (Wildman–Crippen MR) is 115 cm³/mol. The lowest BCUT2D eigenvalue weighted by molar-refractivity contribution is -0.141. The zero-order valence-electron chi connectivity index (χ0n) is 16.5. The first-order chi connectivity index (χ1) is 13.9. The van der Waals surface area contributed by atoms with Crippen LogP contribution < -0.4 is 0 Å². The number of ether oxygens (including phenoxy) is 1. The number of carbonyl (C=O) groups excluding carboxylic acids is 2. The van der Waals surface area contributed by atoms with E-state index in [2.05, 4.69) is 25.9 Å². The first kappa shape index (κ1) is 20.8. The fraction of sp³-hybridized carbons (Fsp3) is 0.227. The van der Waals surface area contributed by atoms with Gasteiger partial charge >= 0.3 is 5.97 Å². The van der Waals surface area contributed by atoms with Crippen molar-refractivity contribution in [2.45, 2.75) is 19.9 Å². The first-order valence-corrected chi connectivity index (χ1v) is 9.98. The zero-order chi connectivity index (χ0) is 21.0. The number of benzene rings is 2. The van der Waals surface area contributed by atoms with E-state index >= 15 is 0 Å². The van der Waals surface area contributed by atoms with Crippen molar-refractivity contribution in [2.24, 2.45) is 0 Å². The number of hydrogen-bond acceptors (Lipinski definition) is 4. The monoisotopic (exact) mass is 455 g/mol. The van der Waals surface area contributed by atoms with E-state index in [0.29, 0.717) is 17.0 Å². The van der Waals surface area contributed by atoms with Gasteiger partial charge < -0.3 is 14.6 Å². The van der Waals surface area contributed by atoms with E-state index in [-0.39, 0.29) is 18.5 Å². The summed E-state index contributed by atoms with van der Waals surface area (Å²) in [6.07, 6.45) is 1.74. The van der Waals surface area contributed by atoms with E-state index < -0.39 is 5.97 Å². The summed E-state index contributed by atoms with van der Waals surface area (Å²) in [6, 6.07) is 15.0. The number of nitrogens with zero attached hydrogens (tertiary/aromatic N) is 2. The minimum absolute atomic E-state index is 0.108. The lowest BCUT2D eigenvalue weighted by atomic mass is 10.0. The van der Waals surface area contributed by atoms with Crippen LogP contribution >= 0.6 is 15.9 Å². The summed E-state index contributed by atoms with van der Waals surface area (Å²) in [5.41, 5.74) is 2.99. The zero-order valence-corrected chi connectivity index (χ0v) is 18.1. The molecule has 0 saturated carbocycles. The molecule has 3 aromatic rings. The second-order valence-corrected chi connectivity index (χ2v) is 7.72. The summed E-state index contributed by atoms with van der Waals surface area (Å²) in [4.78, 5) is 34.2. The van der Waals surface area contributed by atoms with Crippen LogP contribution in [0, 0.1) is 0 Å². The molecule has 0 aliphatic rings. The Balaban J connectivity index is 1.96. The molecule has 0 bridgehead atoms. The van der Waals surface area contributed by atoms with Crippen molar-refractivity contribution >= 4 is 27.8 Å². The van der Waals surface area contributed by atoms with Gasteiger partial charge in [-0.2, -0.15) is 0 Å². The van der Waals surface area contributed by atoms with E-state index in [1.807, 2.05) is 50.2 Å². The third-order valence-corrected chi connectivity index (χ3v) is 5.08. The van der Waals surface area contributed by atoms with E-state index in [9.17, 15) is 9.59 Å². The van der Waals surface area contributed by atoms with E-state index in [4.69, 9.17) is 4.74 Å². The number of esters is 1. The Morgan fingerprint density at radius 2 is 1.83 bits per heavy atom. The summed E-state index contributed by atoms with van der Waals surface area (Å²) < 4.78 is 5.73. The van der Waals surface area contributed by atoms with Crippen LogP contribution in [0.15, 0.2) is 59.2 Å². The second-order valence-electron chi connectivity index (χ2n) is 6.80. The lowest BCUT2D eigenvalue weighted by Gasteiger charge is -2.26. The molecule has 0 spiro atoms. The van der Waals surface area contributed by atoms with Crippen LogP contribution in [-0.4, -0.2) is 46.4 Å². The van der Waals surface area contributed by atoms with Crippen molar-refractivity contribution in [3.63, 3.8) is 0 Å². The Morgan fingerprint density at radius 3 is 2.48 bits per heavy atom. The largest absolute Gasteiger partial charge is 0.468 e. The molecule has 1 aromatic heterocycles. The van der Waals surface area contributed by atoms with Crippen molar-refractivity contribution in [3.05, 3.63) is 64.8 Å². The molecule has 6 nitrogen and oxygen atoms in total. The fourth-order valence-corrected chi connectivity index (χ4v) is 3.22. The van der Waals surface area contributed by atoms with E-state index in [1.165, 1.54) is 12.0 Å². The molecule has 0 fully saturated rings. The van der Waals surface area contributed by atoms with Crippen molar-refractivity contribution < 1.29 is 14.3 Å². The molecule has 0 unspecified atom stereocenters. The van der Waals surface area contributed by atoms with Crippen LogP contribution in [0.25, 0.3) is 22.6 Å². The number of amides is 1. The van der Waals surface area contributed by atoms with Gasteiger partial charge in [0.1, 0.15) is 12.4 Å². The SMILES string of the molecule is COC(=O)CN(C(=O)c1ccccc1-c1ncc(-c2ccc(Br)cc2)[nH]1)C(C)C. The molecule has 2 aromatic carbocycles. The molecular weight excluding hydrogens is 434 g/mol. The summed E-state index contributed by atoms with van der Waals surface area (Å²) in [6.45, 7) is 3.62. The number of aromatic amines is 1. The summed E-state index contributed by atoms with van der Waals surface area (Å²) >= 11 is 3.43. The number of methoxy groups -OCH3 is 1. The average molecular weight is 456 g/mol. The third kappa shape index (κ3) is 4.74. The molecule has 0 saturated heterocycles. The number of aromatic nitrogens is 2. The van der Waals surface area contributed by atoms with Crippen molar-refractivity contribution in [1.29, 1.82) is 0 Å². The van der Waals surface area contributed by atoms with Gasteiger partial charge in [-0.15, -0.1) is 0 Å². The van der Waals surface area contributed by atoms with Gasteiger partial charge in [-0.25, -0.2) is 4.98 Å². The number of hydrogen-bond donors (Lipinski definition) is 1. The Labute approximate surface area is 178 Å². The normalized spacial score (nSPS) is 10.8. The molecule has 150 valence electrons. The highest BCUT2D eigenvalue weighted by Crippen LogP contribution is 2.27. The average Bonchev–Trinajstić information content (AvgIpc) is 3.21. The van der Waals surface area contributed by atoms with E-state index in [0.717, 1.165) is 15.7 Å². The molecule has 0 radical (unpaired) electrons. The molecule has 1 amide bonds. The van der Waals surface area contributed by atoms with Crippen molar-refractivity contribution in [3.8, 4) is 22.6 Å². The maximum atomic E-state index is 13.2. The van der Waals surface area contributed by atoms with Crippen LogP contribution in [0.3, 0.4) is 0 Å². The smallest absolute Gasteiger partial charge is 0.325 e. The minimum atomic E-state index is -0.458. The van der Waals surface area contributed by atoms with Crippen molar-refractivity contribution in [2.75, 3.05) is 13.7 Å².